The van der Waals surface area contributed by atoms with Gasteiger partial charge < -0.3 is 15.2 Å². The molecular formula is C16H33NO2. The molecule has 1 fully saturated rings. The smallest absolute Gasteiger partial charge is 0.0623 e. The highest BCUT2D eigenvalue weighted by Crippen LogP contribution is 2.38. The third-order valence-electron chi connectivity index (χ3n) is 4.78. The number of aliphatic hydroxyl groups is 1. The van der Waals surface area contributed by atoms with E-state index in [0.717, 1.165) is 38.8 Å². The van der Waals surface area contributed by atoms with Crippen LogP contribution in [0.15, 0.2) is 0 Å². The van der Waals surface area contributed by atoms with E-state index in [9.17, 15) is 5.11 Å². The molecule has 0 saturated heterocycles. The van der Waals surface area contributed by atoms with Gasteiger partial charge in [0.25, 0.3) is 0 Å². The molecule has 3 heteroatoms. The normalized spacial score (nSPS) is 27.9. The summed E-state index contributed by atoms with van der Waals surface area (Å²) in [7, 11) is 0. The summed E-state index contributed by atoms with van der Waals surface area (Å²) < 4.78 is 5.97. The summed E-state index contributed by atoms with van der Waals surface area (Å²) in [4.78, 5) is 0. The monoisotopic (exact) mass is 271 g/mol. The van der Waals surface area contributed by atoms with Crippen LogP contribution in [0, 0.1) is 5.92 Å². The predicted molar refractivity (Wildman–Crippen MR) is 80.4 cm³/mol. The molecule has 2 N–H and O–H groups in total. The molecule has 1 saturated carbocycles. The van der Waals surface area contributed by atoms with Crippen molar-refractivity contribution in [2.24, 2.45) is 5.92 Å². The average molecular weight is 271 g/mol. The lowest BCUT2D eigenvalue weighted by Gasteiger charge is -2.36. The molecule has 2 unspecified atom stereocenters. The summed E-state index contributed by atoms with van der Waals surface area (Å²) >= 11 is 0. The minimum absolute atomic E-state index is 0.0165. The molecule has 3 nitrogen and oxygen atoms in total. The number of hydrogen-bond donors (Lipinski definition) is 2. The number of hydrogen-bond acceptors (Lipinski definition) is 3. The van der Waals surface area contributed by atoms with Gasteiger partial charge in [-0.2, -0.15) is 0 Å². The second kappa shape index (κ2) is 7.61. The van der Waals surface area contributed by atoms with Crippen LogP contribution in [-0.2, 0) is 4.74 Å². The van der Waals surface area contributed by atoms with Crippen molar-refractivity contribution < 1.29 is 9.84 Å². The van der Waals surface area contributed by atoms with Gasteiger partial charge in [0.15, 0.2) is 0 Å². The molecule has 1 rings (SSSR count). The molecule has 0 radical (unpaired) electrons. The van der Waals surface area contributed by atoms with Crippen molar-refractivity contribution in [2.75, 3.05) is 19.8 Å². The summed E-state index contributed by atoms with van der Waals surface area (Å²) in [5.41, 5.74) is -0.0624. The molecule has 0 spiro atoms. The molecule has 0 bridgehead atoms. The first kappa shape index (κ1) is 16.9. The largest absolute Gasteiger partial charge is 0.394 e. The molecule has 2 atom stereocenters. The highest BCUT2D eigenvalue weighted by Gasteiger charge is 2.41. The van der Waals surface area contributed by atoms with Crippen LogP contribution in [0.3, 0.4) is 0 Å². The Morgan fingerprint density at radius 3 is 2.68 bits per heavy atom. The maximum atomic E-state index is 9.82. The Morgan fingerprint density at radius 1 is 1.37 bits per heavy atom. The van der Waals surface area contributed by atoms with Crippen molar-refractivity contribution in [1.29, 1.82) is 0 Å². The lowest BCUT2D eigenvalue weighted by molar-refractivity contribution is -0.0310. The fraction of sp³-hybridized carbons (Fsp3) is 1.00. The van der Waals surface area contributed by atoms with Gasteiger partial charge >= 0.3 is 0 Å². The third kappa shape index (κ3) is 4.73. The summed E-state index contributed by atoms with van der Waals surface area (Å²) in [5, 5.41) is 13.4. The fourth-order valence-corrected chi connectivity index (χ4v) is 3.02. The van der Waals surface area contributed by atoms with Crippen LogP contribution >= 0.6 is 0 Å². The maximum absolute atomic E-state index is 9.82. The van der Waals surface area contributed by atoms with E-state index in [2.05, 4.69) is 33.0 Å². The lowest BCUT2D eigenvalue weighted by Crippen LogP contribution is -2.52. The molecule has 0 amide bonds. The molecule has 0 aromatic heterocycles. The number of ether oxygens (including phenoxy) is 1. The Morgan fingerprint density at radius 2 is 2.11 bits per heavy atom. The van der Waals surface area contributed by atoms with Crippen molar-refractivity contribution in [3.8, 4) is 0 Å². The number of rotatable bonds is 9. The molecular weight excluding hydrogens is 238 g/mol. The van der Waals surface area contributed by atoms with E-state index in [0.29, 0.717) is 5.92 Å². The molecule has 0 heterocycles. The fourth-order valence-electron chi connectivity index (χ4n) is 3.02. The molecule has 114 valence electrons. The van der Waals surface area contributed by atoms with Crippen molar-refractivity contribution >= 4 is 0 Å². The zero-order valence-electron chi connectivity index (χ0n) is 13.3. The molecule has 1 aliphatic carbocycles. The third-order valence-corrected chi connectivity index (χ3v) is 4.78. The van der Waals surface area contributed by atoms with Gasteiger partial charge in [-0.1, -0.05) is 20.3 Å². The van der Waals surface area contributed by atoms with Crippen molar-refractivity contribution in [3.05, 3.63) is 0 Å². The van der Waals surface area contributed by atoms with Crippen LogP contribution in [0.2, 0.25) is 0 Å². The Hall–Kier alpha value is -0.120. The van der Waals surface area contributed by atoms with E-state index in [1.807, 2.05) is 0 Å². The van der Waals surface area contributed by atoms with Crippen LogP contribution in [0.25, 0.3) is 0 Å². The van der Waals surface area contributed by atoms with Gasteiger partial charge in [-0.3, -0.25) is 0 Å². The SMILES string of the molecule is CCCNC1(CO)CCCC1CCOC(C)(C)CC. The van der Waals surface area contributed by atoms with Gasteiger partial charge in [0.2, 0.25) is 0 Å². The zero-order chi connectivity index (χ0) is 14.4. The Balaban J connectivity index is 2.46. The first-order valence-electron chi connectivity index (χ1n) is 7.99. The summed E-state index contributed by atoms with van der Waals surface area (Å²) in [5.74, 6) is 0.553. The first-order chi connectivity index (χ1) is 8.99. The minimum Gasteiger partial charge on any atom is -0.394 e. The Bertz CT molecular complexity index is 255. The Kier molecular flexibility index (Phi) is 6.78. The predicted octanol–water partition coefficient (Wildman–Crippen LogP) is 3.11. The van der Waals surface area contributed by atoms with Gasteiger partial charge in [-0.25, -0.2) is 0 Å². The van der Waals surface area contributed by atoms with Gasteiger partial charge in [0.05, 0.1) is 12.2 Å². The van der Waals surface area contributed by atoms with Gasteiger partial charge in [0.1, 0.15) is 0 Å². The van der Waals surface area contributed by atoms with Crippen molar-refractivity contribution in [3.63, 3.8) is 0 Å². The highest BCUT2D eigenvalue weighted by atomic mass is 16.5. The van der Waals surface area contributed by atoms with E-state index in [-0.39, 0.29) is 17.7 Å². The second-order valence-electron chi connectivity index (χ2n) is 6.58. The number of nitrogens with one attached hydrogen (secondary N) is 1. The van der Waals surface area contributed by atoms with Crippen molar-refractivity contribution in [2.45, 2.75) is 77.4 Å². The highest BCUT2D eigenvalue weighted by molar-refractivity contribution is 4.98. The van der Waals surface area contributed by atoms with Crippen LogP contribution in [-0.4, -0.2) is 36.0 Å². The van der Waals surface area contributed by atoms with E-state index in [4.69, 9.17) is 4.74 Å². The van der Waals surface area contributed by atoms with Crippen LogP contribution in [0.5, 0.6) is 0 Å². The van der Waals surface area contributed by atoms with E-state index >= 15 is 0 Å². The topological polar surface area (TPSA) is 41.5 Å². The second-order valence-corrected chi connectivity index (χ2v) is 6.58. The summed E-state index contributed by atoms with van der Waals surface area (Å²) in [6.45, 7) is 10.7. The summed E-state index contributed by atoms with van der Waals surface area (Å²) in [6.07, 6.45) is 6.75. The quantitative estimate of drug-likeness (QED) is 0.677. The molecule has 19 heavy (non-hydrogen) atoms. The van der Waals surface area contributed by atoms with E-state index in [1.165, 1.54) is 12.8 Å². The Labute approximate surface area is 119 Å². The average Bonchev–Trinajstić information content (AvgIpc) is 2.80. The van der Waals surface area contributed by atoms with E-state index < -0.39 is 0 Å². The maximum Gasteiger partial charge on any atom is 0.0623 e. The molecule has 1 aliphatic rings. The molecule has 0 aromatic rings. The van der Waals surface area contributed by atoms with E-state index in [1.54, 1.807) is 0 Å². The summed E-state index contributed by atoms with van der Waals surface area (Å²) in [6, 6.07) is 0. The van der Waals surface area contributed by atoms with Crippen LogP contribution in [0.1, 0.15) is 66.2 Å². The number of aliphatic hydroxyl groups excluding tert-OH is 1. The van der Waals surface area contributed by atoms with Gasteiger partial charge in [0, 0.05) is 12.1 Å². The lowest BCUT2D eigenvalue weighted by atomic mass is 9.85. The van der Waals surface area contributed by atoms with Crippen LogP contribution < -0.4 is 5.32 Å². The molecule has 0 aliphatic heterocycles. The van der Waals surface area contributed by atoms with Gasteiger partial charge in [-0.15, -0.1) is 0 Å². The van der Waals surface area contributed by atoms with Crippen molar-refractivity contribution in [1.82, 2.24) is 5.32 Å². The zero-order valence-corrected chi connectivity index (χ0v) is 13.3. The standard InChI is InChI=1S/C16H33NO2/c1-5-11-17-16(13-18)10-7-8-14(16)9-12-19-15(3,4)6-2/h14,17-18H,5-13H2,1-4H3. The molecule has 0 aromatic carbocycles. The first-order valence-corrected chi connectivity index (χ1v) is 7.99. The van der Waals surface area contributed by atoms with Gasteiger partial charge in [-0.05, 0) is 58.4 Å². The minimum atomic E-state index is -0.0459. The van der Waals surface area contributed by atoms with Crippen LogP contribution in [0.4, 0.5) is 0 Å².